The minimum absolute atomic E-state index is 0.141. The van der Waals surface area contributed by atoms with E-state index in [-0.39, 0.29) is 24.0 Å². The Kier molecular flexibility index (Phi) is 8.25. The number of thioether (sulfide) groups is 1. The van der Waals surface area contributed by atoms with Crippen LogP contribution >= 0.6 is 27.7 Å². The molecule has 1 saturated heterocycles. The van der Waals surface area contributed by atoms with E-state index in [4.69, 9.17) is 4.74 Å². The maximum Gasteiger partial charge on any atom is 0.243 e. The molecule has 1 aromatic rings. The third-order valence-electron chi connectivity index (χ3n) is 4.31. The van der Waals surface area contributed by atoms with Gasteiger partial charge in [-0.3, -0.25) is 4.79 Å². The van der Waals surface area contributed by atoms with Crippen LogP contribution in [0.5, 0.6) is 5.75 Å². The summed E-state index contributed by atoms with van der Waals surface area (Å²) >= 11 is 4.90. The standard InChI is InChI=1S/C19H25BrN2O4S2/c1-19(2)17(18(23)21-3)22(12-14-27-19)28(24,25)16-9-7-15(8-10-16)26-13-6-4-5-11-20/h7-10,17H,5,11-14H2,1-3H3,(H,21,23). The SMILES string of the molecule is CNC(=O)C1N(S(=O)(=O)c2ccc(OCC#CCCBr)cc2)CCSC1(C)C. The first kappa shape index (κ1) is 23.1. The number of alkyl halides is 1. The Morgan fingerprint density at radius 2 is 2.04 bits per heavy atom. The molecule has 1 fully saturated rings. The van der Waals surface area contributed by atoms with Crippen LogP contribution in [0.1, 0.15) is 20.3 Å². The van der Waals surface area contributed by atoms with Gasteiger partial charge in [0.1, 0.15) is 18.4 Å². The quantitative estimate of drug-likeness (QED) is 0.491. The maximum atomic E-state index is 13.2. The van der Waals surface area contributed by atoms with E-state index in [1.807, 2.05) is 13.8 Å². The highest BCUT2D eigenvalue weighted by Gasteiger charge is 2.47. The summed E-state index contributed by atoms with van der Waals surface area (Å²) in [6.07, 6.45) is 0.748. The number of hydrogen-bond acceptors (Lipinski definition) is 5. The first-order valence-corrected chi connectivity index (χ1v) is 12.4. The molecule has 9 heteroatoms. The summed E-state index contributed by atoms with van der Waals surface area (Å²) < 4.78 is 32.7. The topological polar surface area (TPSA) is 75.7 Å². The van der Waals surface area contributed by atoms with Gasteiger partial charge in [-0.15, -0.1) is 0 Å². The van der Waals surface area contributed by atoms with Crippen molar-refractivity contribution in [3.05, 3.63) is 24.3 Å². The zero-order chi connectivity index (χ0) is 20.8. The van der Waals surface area contributed by atoms with Gasteiger partial charge in [0.05, 0.1) is 4.90 Å². The number of sulfonamides is 1. The van der Waals surface area contributed by atoms with Crippen molar-refractivity contribution >= 4 is 43.6 Å². The van der Waals surface area contributed by atoms with Gasteiger partial charge < -0.3 is 10.1 Å². The summed E-state index contributed by atoms with van der Waals surface area (Å²) in [5.41, 5.74) is 0. The van der Waals surface area contributed by atoms with Crippen molar-refractivity contribution in [2.75, 3.05) is 31.3 Å². The molecule has 0 bridgehead atoms. The molecule has 1 heterocycles. The molecule has 0 spiro atoms. The minimum Gasteiger partial charge on any atom is -0.481 e. The fourth-order valence-electron chi connectivity index (χ4n) is 2.94. The number of benzene rings is 1. The van der Waals surface area contributed by atoms with E-state index in [0.29, 0.717) is 11.5 Å². The number of nitrogens with zero attached hydrogens (tertiary/aromatic N) is 1. The fourth-order valence-corrected chi connectivity index (χ4v) is 6.25. The molecule has 1 amide bonds. The van der Waals surface area contributed by atoms with Crippen LogP contribution in [0.2, 0.25) is 0 Å². The Labute approximate surface area is 180 Å². The first-order chi connectivity index (χ1) is 13.2. The van der Waals surface area contributed by atoms with E-state index in [9.17, 15) is 13.2 Å². The Morgan fingerprint density at radius 3 is 2.64 bits per heavy atom. The summed E-state index contributed by atoms with van der Waals surface area (Å²) in [6, 6.07) is 5.45. The van der Waals surface area contributed by atoms with Gasteiger partial charge >= 0.3 is 0 Å². The predicted molar refractivity (Wildman–Crippen MR) is 116 cm³/mol. The smallest absolute Gasteiger partial charge is 0.243 e. The van der Waals surface area contributed by atoms with Crippen molar-refractivity contribution < 1.29 is 17.9 Å². The second kappa shape index (κ2) is 10.0. The average Bonchev–Trinajstić information content (AvgIpc) is 2.66. The van der Waals surface area contributed by atoms with Crippen molar-refractivity contribution in [3.8, 4) is 17.6 Å². The number of carbonyl (C=O) groups is 1. The van der Waals surface area contributed by atoms with Gasteiger partial charge in [-0.1, -0.05) is 27.8 Å². The van der Waals surface area contributed by atoms with Crippen molar-refractivity contribution in [2.45, 2.75) is 36.0 Å². The largest absolute Gasteiger partial charge is 0.481 e. The molecule has 1 atom stereocenters. The molecule has 0 aromatic heterocycles. The second-order valence-corrected chi connectivity index (χ2v) is 11.1. The van der Waals surface area contributed by atoms with Crippen LogP contribution in [0, 0.1) is 11.8 Å². The number of carbonyl (C=O) groups excluding carboxylic acids is 1. The first-order valence-electron chi connectivity index (χ1n) is 8.86. The molecule has 1 N–H and O–H groups in total. The highest BCUT2D eigenvalue weighted by molar-refractivity contribution is 9.09. The van der Waals surface area contributed by atoms with E-state index in [2.05, 4.69) is 33.1 Å². The predicted octanol–water partition coefficient (Wildman–Crippen LogP) is 2.48. The van der Waals surface area contributed by atoms with Crippen molar-refractivity contribution in [2.24, 2.45) is 0 Å². The van der Waals surface area contributed by atoms with Gasteiger partial charge in [-0.05, 0) is 38.1 Å². The van der Waals surface area contributed by atoms with E-state index in [1.54, 1.807) is 23.9 Å². The molecule has 28 heavy (non-hydrogen) atoms. The molecule has 6 nitrogen and oxygen atoms in total. The van der Waals surface area contributed by atoms with E-state index < -0.39 is 20.8 Å². The number of rotatable bonds is 6. The van der Waals surface area contributed by atoms with Gasteiger partial charge in [0.25, 0.3) is 0 Å². The fraction of sp³-hybridized carbons (Fsp3) is 0.526. The number of likely N-dealkylation sites (N-methyl/N-ethyl adjacent to an activating group) is 1. The molecule has 0 radical (unpaired) electrons. The Hall–Kier alpha value is -1.21. The van der Waals surface area contributed by atoms with Crippen LogP contribution < -0.4 is 10.1 Å². The Bertz CT molecular complexity index is 845. The summed E-state index contributed by atoms with van der Waals surface area (Å²) in [7, 11) is -2.29. The van der Waals surface area contributed by atoms with Gasteiger partial charge in [0.15, 0.2) is 0 Å². The highest BCUT2D eigenvalue weighted by atomic mass is 79.9. The second-order valence-electron chi connectivity index (χ2n) is 6.64. The van der Waals surface area contributed by atoms with Crippen molar-refractivity contribution in [3.63, 3.8) is 0 Å². The Morgan fingerprint density at radius 1 is 1.36 bits per heavy atom. The molecular weight excluding hydrogens is 464 g/mol. The van der Waals surface area contributed by atoms with Crippen LogP contribution in [0.25, 0.3) is 0 Å². The molecule has 1 unspecified atom stereocenters. The molecule has 2 rings (SSSR count). The molecular formula is C19H25BrN2O4S2. The molecule has 154 valence electrons. The summed E-state index contributed by atoms with van der Waals surface area (Å²) in [5.74, 6) is 6.71. The third-order valence-corrected chi connectivity index (χ3v) is 7.94. The summed E-state index contributed by atoms with van der Waals surface area (Å²) in [6.45, 7) is 4.32. The van der Waals surface area contributed by atoms with E-state index in [0.717, 1.165) is 11.8 Å². The lowest BCUT2D eigenvalue weighted by Crippen LogP contribution is -2.60. The van der Waals surface area contributed by atoms with Crippen LogP contribution in [0.4, 0.5) is 0 Å². The molecule has 1 aliphatic heterocycles. The number of hydrogen-bond donors (Lipinski definition) is 1. The average molecular weight is 489 g/mol. The van der Waals surface area contributed by atoms with Gasteiger partial charge in [-0.2, -0.15) is 16.1 Å². The summed E-state index contributed by atoms with van der Waals surface area (Å²) in [5, 5.41) is 3.41. The van der Waals surface area contributed by atoms with Gasteiger partial charge in [0, 0.05) is 35.8 Å². The number of amides is 1. The van der Waals surface area contributed by atoms with Crippen molar-refractivity contribution in [1.82, 2.24) is 9.62 Å². The molecule has 1 aliphatic rings. The van der Waals surface area contributed by atoms with Crippen LogP contribution in [-0.2, 0) is 14.8 Å². The monoisotopic (exact) mass is 488 g/mol. The maximum absolute atomic E-state index is 13.2. The lowest BCUT2D eigenvalue weighted by Gasteiger charge is -2.43. The van der Waals surface area contributed by atoms with Gasteiger partial charge in [-0.25, -0.2) is 8.42 Å². The highest BCUT2D eigenvalue weighted by Crippen LogP contribution is 2.38. The Balaban J connectivity index is 2.21. The number of ether oxygens (including phenoxy) is 1. The third kappa shape index (κ3) is 5.44. The lowest BCUT2D eigenvalue weighted by atomic mass is 10.0. The van der Waals surface area contributed by atoms with E-state index in [1.165, 1.54) is 23.5 Å². The summed E-state index contributed by atoms with van der Waals surface area (Å²) in [4.78, 5) is 12.6. The molecule has 1 aromatic carbocycles. The molecule has 0 saturated carbocycles. The number of nitrogens with one attached hydrogen (secondary N) is 1. The van der Waals surface area contributed by atoms with Crippen LogP contribution in [-0.4, -0.2) is 60.7 Å². The van der Waals surface area contributed by atoms with Gasteiger partial charge in [0.2, 0.25) is 15.9 Å². The normalized spacial score (nSPS) is 19.4. The van der Waals surface area contributed by atoms with Crippen LogP contribution in [0.15, 0.2) is 29.2 Å². The van der Waals surface area contributed by atoms with Crippen molar-refractivity contribution in [1.29, 1.82) is 0 Å². The van der Waals surface area contributed by atoms with Crippen LogP contribution in [0.3, 0.4) is 0 Å². The zero-order valence-electron chi connectivity index (χ0n) is 16.2. The van der Waals surface area contributed by atoms with E-state index >= 15 is 0 Å². The minimum atomic E-state index is -3.82. The number of halogens is 1. The molecule has 0 aliphatic carbocycles. The lowest BCUT2D eigenvalue weighted by molar-refractivity contribution is -0.125. The zero-order valence-corrected chi connectivity index (χ0v) is 19.4.